The molecular weight excluding hydrogens is 302 g/mol. The highest BCUT2D eigenvalue weighted by molar-refractivity contribution is 5.87. The number of hydrogen-bond acceptors (Lipinski definition) is 4. The van der Waals surface area contributed by atoms with Crippen molar-refractivity contribution in [2.75, 3.05) is 6.61 Å². The number of para-hydroxylation sites is 1. The molecule has 1 aromatic carbocycles. The zero-order valence-electron chi connectivity index (χ0n) is 13.5. The van der Waals surface area contributed by atoms with Gasteiger partial charge in [0.15, 0.2) is 0 Å². The summed E-state index contributed by atoms with van der Waals surface area (Å²) in [4.78, 5) is 20.1. The predicted octanol–water partition coefficient (Wildman–Crippen LogP) is 2.73. The lowest BCUT2D eigenvalue weighted by molar-refractivity contribution is -0.146. The van der Waals surface area contributed by atoms with Crippen LogP contribution >= 0.6 is 0 Å². The van der Waals surface area contributed by atoms with E-state index in [0.29, 0.717) is 13.0 Å². The average Bonchev–Trinajstić information content (AvgIpc) is 3.00. The Morgan fingerprint density at radius 1 is 1.29 bits per heavy atom. The smallest absolute Gasteiger partial charge is 0.323 e. The van der Waals surface area contributed by atoms with Gasteiger partial charge in [-0.15, -0.1) is 0 Å². The van der Waals surface area contributed by atoms with Crippen LogP contribution in [-0.4, -0.2) is 28.6 Å². The number of hydrogen-bond donors (Lipinski definition) is 2. The van der Waals surface area contributed by atoms with Gasteiger partial charge in [0.25, 0.3) is 0 Å². The second kappa shape index (κ2) is 6.09. The van der Waals surface area contributed by atoms with Crippen LogP contribution in [0.15, 0.2) is 48.8 Å². The van der Waals surface area contributed by atoms with Crippen molar-refractivity contribution in [3.8, 4) is 0 Å². The Kier molecular flexibility index (Phi) is 3.78. The Morgan fingerprint density at radius 3 is 2.96 bits per heavy atom. The molecule has 0 unspecified atom stereocenters. The summed E-state index contributed by atoms with van der Waals surface area (Å²) in [5, 5.41) is 4.59. The zero-order chi connectivity index (χ0) is 16.5. The van der Waals surface area contributed by atoms with Crippen molar-refractivity contribution in [2.24, 2.45) is 0 Å². The van der Waals surface area contributed by atoms with Crippen LogP contribution in [0.5, 0.6) is 0 Å². The van der Waals surface area contributed by atoms with E-state index >= 15 is 0 Å². The fraction of sp³-hybridized carbons (Fsp3) is 0.263. The first-order valence-corrected chi connectivity index (χ1v) is 8.20. The van der Waals surface area contributed by atoms with Gasteiger partial charge in [-0.2, -0.15) is 0 Å². The molecule has 1 aliphatic rings. The number of ether oxygens (including phenoxy) is 1. The number of fused-ring (bicyclic) bond motifs is 3. The van der Waals surface area contributed by atoms with Gasteiger partial charge in [-0.25, -0.2) is 0 Å². The van der Waals surface area contributed by atoms with Crippen molar-refractivity contribution in [3.05, 3.63) is 65.6 Å². The maximum Gasteiger partial charge on any atom is 0.323 e. The summed E-state index contributed by atoms with van der Waals surface area (Å²) in [6, 6.07) is 11.7. The van der Waals surface area contributed by atoms with Crippen LogP contribution in [0, 0.1) is 0 Å². The minimum absolute atomic E-state index is 0.107. The van der Waals surface area contributed by atoms with Crippen LogP contribution in [0.25, 0.3) is 10.9 Å². The fourth-order valence-corrected chi connectivity index (χ4v) is 3.44. The summed E-state index contributed by atoms with van der Waals surface area (Å²) in [5.74, 6) is -0.206. The van der Waals surface area contributed by atoms with Crippen molar-refractivity contribution in [1.29, 1.82) is 0 Å². The van der Waals surface area contributed by atoms with Crippen molar-refractivity contribution < 1.29 is 9.53 Å². The number of esters is 1. The van der Waals surface area contributed by atoms with Gasteiger partial charge in [0.05, 0.1) is 12.6 Å². The Balaban J connectivity index is 1.83. The molecule has 3 aromatic rings. The number of pyridine rings is 1. The first kappa shape index (κ1) is 14.9. The minimum Gasteiger partial charge on any atom is -0.465 e. The predicted molar refractivity (Wildman–Crippen MR) is 91.6 cm³/mol. The van der Waals surface area contributed by atoms with E-state index in [2.05, 4.69) is 27.4 Å². The van der Waals surface area contributed by atoms with Crippen LogP contribution in [0.2, 0.25) is 0 Å². The first-order chi connectivity index (χ1) is 11.8. The van der Waals surface area contributed by atoms with Crippen molar-refractivity contribution in [1.82, 2.24) is 15.3 Å². The average molecular weight is 321 g/mol. The quantitative estimate of drug-likeness (QED) is 0.728. The fourth-order valence-electron chi connectivity index (χ4n) is 3.44. The molecule has 0 bridgehead atoms. The number of rotatable bonds is 3. The van der Waals surface area contributed by atoms with Crippen LogP contribution in [0.3, 0.4) is 0 Å². The monoisotopic (exact) mass is 321 g/mol. The normalized spacial score (nSPS) is 19.9. The number of benzene rings is 1. The molecule has 4 rings (SSSR count). The molecular formula is C19H19N3O2. The standard InChI is InChI=1S/C19H19N3O2/c1-2-24-19(23)16-10-14-13-7-3-4-8-15(13)21-18(14)17(22-16)12-6-5-9-20-11-12/h3-9,11,16-17,21-22H,2,10H2,1H3/t16-,17-/m1/s1. The van der Waals surface area contributed by atoms with E-state index in [1.165, 1.54) is 5.56 Å². The number of nitrogens with zero attached hydrogens (tertiary/aromatic N) is 1. The Labute approximate surface area is 140 Å². The number of aromatic nitrogens is 2. The third-order valence-electron chi connectivity index (χ3n) is 4.50. The Hall–Kier alpha value is -2.66. The molecule has 0 saturated carbocycles. The molecule has 2 N–H and O–H groups in total. The molecule has 0 aliphatic carbocycles. The van der Waals surface area contributed by atoms with Gasteiger partial charge in [-0.1, -0.05) is 24.3 Å². The van der Waals surface area contributed by atoms with Gasteiger partial charge in [0.2, 0.25) is 0 Å². The second-order valence-electron chi connectivity index (χ2n) is 5.96. The molecule has 3 heterocycles. The van der Waals surface area contributed by atoms with Crippen molar-refractivity contribution >= 4 is 16.9 Å². The molecule has 0 fully saturated rings. The van der Waals surface area contributed by atoms with E-state index in [0.717, 1.165) is 22.2 Å². The lowest BCUT2D eigenvalue weighted by atomic mass is 9.91. The molecule has 24 heavy (non-hydrogen) atoms. The lowest BCUT2D eigenvalue weighted by Gasteiger charge is -2.30. The molecule has 2 aromatic heterocycles. The molecule has 0 amide bonds. The molecule has 5 nitrogen and oxygen atoms in total. The van der Waals surface area contributed by atoms with Gasteiger partial charge in [0.1, 0.15) is 6.04 Å². The minimum atomic E-state index is -0.359. The molecule has 0 saturated heterocycles. The summed E-state index contributed by atoms with van der Waals surface area (Å²) in [7, 11) is 0. The number of nitrogens with one attached hydrogen (secondary N) is 2. The Bertz CT molecular complexity index is 873. The highest BCUT2D eigenvalue weighted by atomic mass is 16.5. The van der Waals surface area contributed by atoms with Crippen molar-refractivity contribution in [3.63, 3.8) is 0 Å². The maximum absolute atomic E-state index is 12.3. The zero-order valence-corrected chi connectivity index (χ0v) is 13.5. The van der Waals surface area contributed by atoms with E-state index in [-0.39, 0.29) is 18.1 Å². The largest absolute Gasteiger partial charge is 0.465 e. The van der Waals surface area contributed by atoms with E-state index in [1.54, 1.807) is 6.20 Å². The number of carbonyl (C=O) groups excluding carboxylic acids is 1. The van der Waals surface area contributed by atoms with Crippen LogP contribution in [0.4, 0.5) is 0 Å². The van der Waals surface area contributed by atoms with Gasteiger partial charge in [-0.05, 0) is 30.2 Å². The van der Waals surface area contributed by atoms with Gasteiger partial charge < -0.3 is 9.72 Å². The highest BCUT2D eigenvalue weighted by Crippen LogP contribution is 2.35. The Morgan fingerprint density at radius 2 is 2.17 bits per heavy atom. The summed E-state index contributed by atoms with van der Waals surface area (Å²) in [5.41, 5.74) is 4.39. The summed E-state index contributed by atoms with van der Waals surface area (Å²) in [6.45, 7) is 2.21. The first-order valence-electron chi connectivity index (χ1n) is 8.20. The summed E-state index contributed by atoms with van der Waals surface area (Å²) < 4.78 is 5.24. The van der Waals surface area contributed by atoms with Gasteiger partial charge in [-0.3, -0.25) is 15.1 Å². The summed E-state index contributed by atoms with van der Waals surface area (Å²) >= 11 is 0. The number of H-pyrrole nitrogens is 1. The highest BCUT2D eigenvalue weighted by Gasteiger charge is 2.34. The molecule has 1 aliphatic heterocycles. The van der Waals surface area contributed by atoms with Gasteiger partial charge >= 0.3 is 5.97 Å². The van der Waals surface area contributed by atoms with E-state index in [4.69, 9.17) is 4.74 Å². The molecule has 5 heteroatoms. The second-order valence-corrected chi connectivity index (χ2v) is 5.96. The molecule has 122 valence electrons. The third kappa shape index (κ3) is 2.47. The summed E-state index contributed by atoms with van der Waals surface area (Å²) in [6.07, 6.45) is 4.21. The SMILES string of the molecule is CCOC(=O)[C@H]1Cc2c([nH]c3ccccc23)[C@@H](c2cccnc2)N1. The molecule has 0 radical (unpaired) electrons. The van der Waals surface area contributed by atoms with E-state index < -0.39 is 0 Å². The van der Waals surface area contributed by atoms with E-state index in [1.807, 2.05) is 37.4 Å². The van der Waals surface area contributed by atoms with Crippen LogP contribution in [0.1, 0.15) is 29.8 Å². The molecule has 0 spiro atoms. The number of carbonyl (C=O) groups is 1. The topological polar surface area (TPSA) is 67.0 Å². The number of aromatic amines is 1. The lowest BCUT2D eigenvalue weighted by Crippen LogP contribution is -2.45. The third-order valence-corrected chi connectivity index (χ3v) is 4.50. The molecule has 2 atom stereocenters. The van der Waals surface area contributed by atoms with Gasteiger partial charge in [0, 0.05) is 35.4 Å². The van der Waals surface area contributed by atoms with Crippen LogP contribution in [-0.2, 0) is 16.0 Å². The maximum atomic E-state index is 12.3. The van der Waals surface area contributed by atoms with E-state index in [9.17, 15) is 4.79 Å². The van der Waals surface area contributed by atoms with Crippen LogP contribution < -0.4 is 5.32 Å². The van der Waals surface area contributed by atoms with Crippen molar-refractivity contribution in [2.45, 2.75) is 25.4 Å².